The van der Waals surface area contributed by atoms with Gasteiger partial charge in [-0.2, -0.15) is 13.2 Å². The minimum absolute atomic E-state index is 0.0261. The molecule has 0 saturated carbocycles. The lowest BCUT2D eigenvalue weighted by molar-refractivity contribution is -0.144. The molecule has 1 heterocycles. The second-order valence-electron chi connectivity index (χ2n) is 13.5. The Bertz CT molecular complexity index is 1780. The van der Waals surface area contributed by atoms with E-state index in [4.69, 9.17) is 0 Å². The van der Waals surface area contributed by atoms with Gasteiger partial charge in [0.25, 0.3) is 11.5 Å². The maximum absolute atomic E-state index is 15.8. The molecular weight excluding hydrogens is 656 g/mol. The summed E-state index contributed by atoms with van der Waals surface area (Å²) < 4.78 is 57.7. The van der Waals surface area contributed by atoms with Gasteiger partial charge in [0.1, 0.15) is 23.1 Å². The van der Waals surface area contributed by atoms with E-state index >= 15 is 4.39 Å². The highest BCUT2D eigenvalue weighted by atomic mass is 19.4. The lowest BCUT2D eigenvalue weighted by Gasteiger charge is -2.25. The van der Waals surface area contributed by atoms with E-state index < -0.39 is 65.1 Å². The lowest BCUT2D eigenvalue weighted by Crippen LogP contribution is -2.49. The Morgan fingerprint density at radius 3 is 2.10 bits per heavy atom. The summed E-state index contributed by atoms with van der Waals surface area (Å²) >= 11 is 0. The van der Waals surface area contributed by atoms with Gasteiger partial charge in [-0.05, 0) is 119 Å². The van der Waals surface area contributed by atoms with Crippen LogP contribution in [0.4, 0.5) is 17.6 Å². The number of benzene rings is 2. The second-order valence-corrected chi connectivity index (χ2v) is 13.5. The van der Waals surface area contributed by atoms with Crippen molar-refractivity contribution in [1.29, 1.82) is 0 Å². The Morgan fingerprint density at radius 2 is 1.56 bits per heavy atom. The smallest absolute Gasteiger partial charge is 0.431 e. The predicted molar refractivity (Wildman–Crippen MR) is 184 cm³/mol. The van der Waals surface area contributed by atoms with E-state index in [1.165, 1.54) is 6.07 Å². The van der Waals surface area contributed by atoms with Crippen LogP contribution >= 0.6 is 0 Å². The third kappa shape index (κ3) is 10.0. The number of aryl methyl sites for hydroxylation is 4. The van der Waals surface area contributed by atoms with Crippen molar-refractivity contribution < 1.29 is 37.1 Å². The van der Waals surface area contributed by atoms with Crippen LogP contribution in [0.25, 0.3) is 11.1 Å². The molecule has 2 amide bonds. The van der Waals surface area contributed by atoms with E-state index in [-0.39, 0.29) is 36.4 Å². The standard InChI is InChI=1S/C37H46F4N4O5/c1-20(2)14-29(43-34(48)26-10-11-30(37(39,40)41)45(36(26)50)13-9-12-44(7)8)35(49)42-28(19-31(46)47)27-18-25(17-24(6)33(27)38)32-22(4)15-21(3)16-23(32)5/h10-11,15-18,20,28-29H,9,12-14,19H2,1-8H3,(H,42,49)(H,43,48)(H,46,47)/t28-,29-/m0/s1. The number of nitrogens with one attached hydrogen (secondary N) is 2. The van der Waals surface area contributed by atoms with E-state index in [2.05, 4.69) is 10.6 Å². The molecule has 0 spiro atoms. The van der Waals surface area contributed by atoms with Crippen LogP contribution in [0.15, 0.2) is 41.2 Å². The first-order chi connectivity index (χ1) is 23.2. The topological polar surface area (TPSA) is 121 Å². The van der Waals surface area contributed by atoms with Crippen molar-refractivity contribution in [2.24, 2.45) is 5.92 Å². The third-order valence-corrected chi connectivity index (χ3v) is 8.34. The van der Waals surface area contributed by atoms with Crippen molar-refractivity contribution >= 4 is 17.8 Å². The number of rotatable bonds is 14. The second kappa shape index (κ2) is 16.5. The highest BCUT2D eigenvalue weighted by molar-refractivity contribution is 5.97. The van der Waals surface area contributed by atoms with Crippen molar-refractivity contribution in [3.63, 3.8) is 0 Å². The Morgan fingerprint density at radius 1 is 0.940 bits per heavy atom. The Balaban J connectivity index is 2.01. The van der Waals surface area contributed by atoms with Gasteiger partial charge in [0, 0.05) is 12.1 Å². The molecule has 0 saturated heterocycles. The van der Waals surface area contributed by atoms with Crippen LogP contribution in [-0.2, 0) is 22.3 Å². The molecule has 0 unspecified atom stereocenters. The van der Waals surface area contributed by atoms with E-state index in [1.807, 2.05) is 32.9 Å². The number of pyridine rings is 1. The zero-order valence-electron chi connectivity index (χ0n) is 29.7. The molecule has 0 aliphatic heterocycles. The fourth-order valence-corrected chi connectivity index (χ4v) is 6.22. The fourth-order valence-electron chi connectivity index (χ4n) is 6.22. The number of alkyl halides is 3. The van der Waals surface area contributed by atoms with Crippen LogP contribution in [0.2, 0.25) is 0 Å². The normalized spacial score (nSPS) is 13.0. The number of halogens is 4. The number of aromatic nitrogens is 1. The van der Waals surface area contributed by atoms with Gasteiger partial charge in [-0.1, -0.05) is 31.5 Å². The first-order valence-corrected chi connectivity index (χ1v) is 16.4. The van der Waals surface area contributed by atoms with Gasteiger partial charge in [-0.15, -0.1) is 0 Å². The zero-order chi connectivity index (χ0) is 37.7. The molecule has 50 heavy (non-hydrogen) atoms. The maximum Gasteiger partial charge on any atom is 0.431 e. The molecule has 2 aromatic carbocycles. The van der Waals surface area contributed by atoms with Crippen molar-refractivity contribution in [1.82, 2.24) is 20.1 Å². The summed E-state index contributed by atoms with van der Waals surface area (Å²) in [6, 6.07) is 5.87. The van der Waals surface area contributed by atoms with Gasteiger partial charge in [-0.25, -0.2) is 4.39 Å². The minimum atomic E-state index is -4.85. The van der Waals surface area contributed by atoms with E-state index in [0.29, 0.717) is 22.7 Å². The molecule has 3 rings (SSSR count). The molecule has 3 N–H and O–H groups in total. The quantitative estimate of drug-likeness (QED) is 0.169. The Kier molecular flexibility index (Phi) is 13.1. The number of hydrogen-bond acceptors (Lipinski definition) is 5. The summed E-state index contributed by atoms with van der Waals surface area (Å²) in [5, 5.41) is 14.8. The molecule has 272 valence electrons. The third-order valence-electron chi connectivity index (χ3n) is 8.34. The summed E-state index contributed by atoms with van der Waals surface area (Å²) in [6.45, 7) is 10.9. The average molecular weight is 703 g/mol. The number of nitrogens with zero attached hydrogens (tertiary/aromatic N) is 2. The first kappa shape index (κ1) is 39.9. The van der Waals surface area contributed by atoms with E-state index in [1.54, 1.807) is 45.8 Å². The summed E-state index contributed by atoms with van der Waals surface area (Å²) in [7, 11) is 3.47. The summed E-state index contributed by atoms with van der Waals surface area (Å²) in [4.78, 5) is 54.2. The van der Waals surface area contributed by atoms with Gasteiger partial charge >= 0.3 is 12.1 Å². The van der Waals surface area contributed by atoms with Crippen LogP contribution in [0.5, 0.6) is 0 Å². The van der Waals surface area contributed by atoms with Gasteiger partial charge in [0.05, 0.1) is 12.5 Å². The molecular formula is C37H46F4N4O5. The molecule has 0 bridgehead atoms. The Labute approximate surface area is 289 Å². The van der Waals surface area contributed by atoms with Crippen molar-refractivity contribution in [3.8, 4) is 11.1 Å². The number of carbonyl (C=O) groups excluding carboxylic acids is 2. The summed E-state index contributed by atoms with van der Waals surface area (Å²) in [5.41, 5.74) is 1.58. The predicted octanol–water partition coefficient (Wildman–Crippen LogP) is 6.34. The molecule has 1 aromatic heterocycles. The van der Waals surface area contributed by atoms with Crippen molar-refractivity contribution in [2.45, 2.75) is 85.6 Å². The maximum atomic E-state index is 15.8. The molecule has 3 aromatic rings. The molecule has 0 aliphatic carbocycles. The van der Waals surface area contributed by atoms with Crippen LogP contribution in [0.3, 0.4) is 0 Å². The SMILES string of the molecule is Cc1cc(C)c(-c2cc(C)c(F)c([C@H](CC(=O)O)NC(=O)[C@H](CC(C)C)NC(=O)c3ccc(C(F)(F)F)n(CCCN(C)C)c3=O)c2)c(C)c1. The van der Waals surface area contributed by atoms with Gasteiger partial charge in [0.2, 0.25) is 5.91 Å². The number of carboxylic acids is 1. The average Bonchev–Trinajstić information content (AvgIpc) is 2.97. The summed E-state index contributed by atoms with van der Waals surface area (Å²) in [6.07, 6.45) is -5.31. The van der Waals surface area contributed by atoms with E-state index in [9.17, 15) is 37.5 Å². The fraction of sp³-hybridized carbons (Fsp3) is 0.459. The number of aliphatic carboxylic acids is 1. The number of amides is 2. The Hall–Kier alpha value is -4.52. The highest BCUT2D eigenvalue weighted by Gasteiger charge is 2.36. The lowest BCUT2D eigenvalue weighted by atomic mass is 9.89. The van der Waals surface area contributed by atoms with Crippen LogP contribution in [0.1, 0.15) is 83.0 Å². The molecule has 0 fully saturated rings. The number of carbonyl (C=O) groups is 3. The monoisotopic (exact) mass is 702 g/mol. The van der Waals surface area contributed by atoms with E-state index in [0.717, 1.165) is 28.3 Å². The van der Waals surface area contributed by atoms with Crippen LogP contribution in [-0.4, -0.2) is 59.0 Å². The number of hydrogen-bond donors (Lipinski definition) is 3. The molecule has 13 heteroatoms. The van der Waals surface area contributed by atoms with Crippen molar-refractivity contribution in [3.05, 3.63) is 91.6 Å². The van der Waals surface area contributed by atoms with Gasteiger partial charge in [0.15, 0.2) is 0 Å². The highest BCUT2D eigenvalue weighted by Crippen LogP contribution is 2.34. The van der Waals surface area contributed by atoms with Crippen molar-refractivity contribution in [2.75, 3.05) is 20.6 Å². The molecule has 0 radical (unpaired) electrons. The van der Waals surface area contributed by atoms with Gasteiger partial charge in [-0.3, -0.25) is 19.2 Å². The molecule has 0 aliphatic rings. The molecule has 2 atom stereocenters. The largest absolute Gasteiger partial charge is 0.481 e. The summed E-state index contributed by atoms with van der Waals surface area (Å²) in [5.74, 6) is -4.14. The zero-order valence-corrected chi connectivity index (χ0v) is 29.7. The minimum Gasteiger partial charge on any atom is -0.481 e. The first-order valence-electron chi connectivity index (χ1n) is 16.4. The molecule has 9 nitrogen and oxygen atoms in total. The van der Waals surface area contributed by atoms with Crippen LogP contribution in [0, 0.1) is 39.4 Å². The number of carboxylic acid groups (broad SMARTS) is 1. The van der Waals surface area contributed by atoms with Crippen LogP contribution < -0.4 is 16.2 Å². The van der Waals surface area contributed by atoms with Gasteiger partial charge < -0.3 is 25.2 Å².